The molecule has 0 spiro atoms. The van der Waals surface area contributed by atoms with E-state index in [4.69, 9.17) is 0 Å². The first-order chi connectivity index (χ1) is 9.95. The van der Waals surface area contributed by atoms with E-state index < -0.39 is 10.2 Å². The average Bonchev–Trinajstić information content (AvgIpc) is 2.44. The number of likely N-dealkylation sites (N-methyl/N-ethyl adjacent to an activating group) is 1. The second-order valence-corrected chi connectivity index (χ2v) is 7.78. The van der Waals surface area contributed by atoms with Gasteiger partial charge in [-0.3, -0.25) is 4.72 Å². The number of aryl methyl sites for hydroxylation is 1. The largest absolute Gasteiger partial charge is 0.318 e. The molecule has 0 radical (unpaired) electrons. The van der Waals surface area contributed by atoms with Gasteiger partial charge in [0, 0.05) is 23.6 Å². The molecule has 2 N–H and O–H groups in total. The summed E-state index contributed by atoms with van der Waals surface area (Å²) in [5, 5.41) is 3.08. The molecule has 1 aliphatic rings. The summed E-state index contributed by atoms with van der Waals surface area (Å²) in [6.45, 7) is 3.19. The van der Waals surface area contributed by atoms with Crippen molar-refractivity contribution in [2.24, 2.45) is 0 Å². The molecule has 1 saturated heterocycles. The maximum absolute atomic E-state index is 12.7. The van der Waals surface area contributed by atoms with E-state index in [0.29, 0.717) is 18.8 Å². The zero-order valence-corrected chi connectivity index (χ0v) is 14.8. The minimum Gasteiger partial charge on any atom is -0.318 e. The van der Waals surface area contributed by atoms with Crippen molar-refractivity contribution in [1.82, 2.24) is 9.62 Å². The van der Waals surface area contributed by atoms with Crippen LogP contribution in [0.5, 0.6) is 0 Å². The van der Waals surface area contributed by atoms with Crippen molar-refractivity contribution < 1.29 is 8.42 Å². The normalized spacial score (nSPS) is 20.4. The first-order valence-electron chi connectivity index (χ1n) is 7.15. The SMILES string of the molecule is CNCC1CCCCN1S(=O)(=O)Nc1cccc(C)c1Br. The van der Waals surface area contributed by atoms with Gasteiger partial charge in [-0.05, 0) is 54.4 Å². The van der Waals surface area contributed by atoms with E-state index >= 15 is 0 Å². The lowest BCUT2D eigenvalue weighted by Gasteiger charge is -2.34. The molecular formula is C14H22BrN3O2S. The van der Waals surface area contributed by atoms with E-state index in [0.717, 1.165) is 29.3 Å². The van der Waals surface area contributed by atoms with E-state index in [-0.39, 0.29) is 6.04 Å². The van der Waals surface area contributed by atoms with Gasteiger partial charge in [0.05, 0.1) is 5.69 Å². The molecule has 0 saturated carbocycles. The molecule has 1 unspecified atom stereocenters. The van der Waals surface area contributed by atoms with Gasteiger partial charge in [0.2, 0.25) is 0 Å². The van der Waals surface area contributed by atoms with Crippen molar-refractivity contribution in [3.8, 4) is 0 Å². The monoisotopic (exact) mass is 375 g/mol. The highest BCUT2D eigenvalue weighted by atomic mass is 79.9. The van der Waals surface area contributed by atoms with E-state index in [1.807, 2.05) is 26.1 Å². The van der Waals surface area contributed by atoms with Crippen LogP contribution in [0.25, 0.3) is 0 Å². The lowest BCUT2D eigenvalue weighted by atomic mass is 10.1. The smallest absolute Gasteiger partial charge is 0.301 e. The van der Waals surface area contributed by atoms with E-state index in [1.165, 1.54) is 0 Å². The minimum absolute atomic E-state index is 0.0184. The fraction of sp³-hybridized carbons (Fsp3) is 0.571. The Balaban J connectivity index is 2.22. The number of anilines is 1. The highest BCUT2D eigenvalue weighted by Gasteiger charge is 2.32. The first-order valence-corrected chi connectivity index (χ1v) is 9.38. The number of halogens is 1. The quantitative estimate of drug-likeness (QED) is 0.830. The standard InChI is InChI=1S/C14H22BrN3O2S/c1-11-6-5-8-13(14(11)15)17-21(19,20)18-9-4-3-7-12(18)10-16-2/h5-6,8,12,16-17H,3-4,7,9-10H2,1-2H3. The molecule has 7 heteroatoms. The Kier molecular flexibility index (Phi) is 5.65. The van der Waals surface area contributed by atoms with Gasteiger partial charge in [0.15, 0.2) is 0 Å². The van der Waals surface area contributed by atoms with Crippen LogP contribution < -0.4 is 10.0 Å². The number of hydrogen-bond acceptors (Lipinski definition) is 3. The average molecular weight is 376 g/mol. The third-order valence-electron chi connectivity index (χ3n) is 3.75. The molecule has 0 amide bonds. The lowest BCUT2D eigenvalue weighted by molar-refractivity contribution is 0.250. The van der Waals surface area contributed by atoms with E-state index in [1.54, 1.807) is 10.4 Å². The van der Waals surface area contributed by atoms with Crippen LogP contribution >= 0.6 is 15.9 Å². The summed E-state index contributed by atoms with van der Waals surface area (Å²) in [5.74, 6) is 0. The van der Waals surface area contributed by atoms with Gasteiger partial charge in [-0.2, -0.15) is 12.7 Å². The highest BCUT2D eigenvalue weighted by Crippen LogP contribution is 2.28. The minimum atomic E-state index is -3.53. The molecule has 1 atom stereocenters. The second kappa shape index (κ2) is 7.09. The fourth-order valence-corrected chi connectivity index (χ4v) is 4.66. The Hall–Kier alpha value is -0.630. The Bertz CT molecular complexity index is 590. The Morgan fingerprint density at radius 3 is 2.86 bits per heavy atom. The van der Waals surface area contributed by atoms with Crippen molar-refractivity contribution >= 4 is 31.8 Å². The van der Waals surface area contributed by atoms with E-state index in [9.17, 15) is 8.42 Å². The molecule has 1 aromatic carbocycles. The highest BCUT2D eigenvalue weighted by molar-refractivity contribution is 9.10. The zero-order chi connectivity index (χ0) is 15.5. The molecule has 0 bridgehead atoms. The van der Waals surface area contributed by atoms with Gasteiger partial charge in [-0.1, -0.05) is 18.6 Å². The maximum Gasteiger partial charge on any atom is 0.301 e. The molecule has 2 rings (SSSR count). The summed E-state index contributed by atoms with van der Waals surface area (Å²) in [6.07, 6.45) is 2.89. The molecule has 118 valence electrons. The van der Waals surface area contributed by atoms with Crippen molar-refractivity contribution in [1.29, 1.82) is 0 Å². The summed E-state index contributed by atoms with van der Waals surface area (Å²) in [6, 6.07) is 5.57. The second-order valence-electron chi connectivity index (χ2n) is 5.36. The number of nitrogens with one attached hydrogen (secondary N) is 2. The fourth-order valence-electron chi connectivity index (χ4n) is 2.65. The molecule has 1 aliphatic heterocycles. The van der Waals surface area contributed by atoms with Crippen LogP contribution in [-0.2, 0) is 10.2 Å². The van der Waals surface area contributed by atoms with Crippen LogP contribution in [0.15, 0.2) is 22.7 Å². The number of nitrogens with zero attached hydrogens (tertiary/aromatic N) is 1. The van der Waals surface area contributed by atoms with Gasteiger partial charge in [0.25, 0.3) is 0 Å². The maximum atomic E-state index is 12.7. The van der Waals surface area contributed by atoms with Crippen LogP contribution in [0.2, 0.25) is 0 Å². The summed E-state index contributed by atoms with van der Waals surface area (Å²) >= 11 is 3.44. The molecule has 1 heterocycles. The van der Waals surface area contributed by atoms with Gasteiger partial charge in [-0.15, -0.1) is 0 Å². The Labute approximate surface area is 135 Å². The first kappa shape index (κ1) is 16.7. The number of piperidine rings is 1. The van der Waals surface area contributed by atoms with Crippen molar-refractivity contribution in [3.63, 3.8) is 0 Å². The van der Waals surface area contributed by atoms with Crippen LogP contribution in [0, 0.1) is 6.92 Å². The molecule has 0 aliphatic carbocycles. The van der Waals surface area contributed by atoms with Crippen LogP contribution in [0.4, 0.5) is 5.69 Å². The summed E-state index contributed by atoms with van der Waals surface area (Å²) in [7, 11) is -1.68. The summed E-state index contributed by atoms with van der Waals surface area (Å²) < 4.78 is 30.4. The van der Waals surface area contributed by atoms with Crippen LogP contribution in [-0.4, -0.2) is 38.9 Å². The Morgan fingerprint density at radius 1 is 1.38 bits per heavy atom. The third-order valence-corrected chi connectivity index (χ3v) is 6.38. The predicted molar refractivity (Wildman–Crippen MR) is 89.7 cm³/mol. The van der Waals surface area contributed by atoms with Gasteiger partial charge < -0.3 is 5.32 Å². The zero-order valence-electron chi connectivity index (χ0n) is 12.4. The molecule has 1 fully saturated rings. The number of benzene rings is 1. The molecule has 21 heavy (non-hydrogen) atoms. The van der Waals surface area contributed by atoms with Gasteiger partial charge in [0.1, 0.15) is 0 Å². The molecule has 1 aromatic rings. The summed E-state index contributed by atoms with van der Waals surface area (Å²) in [5.41, 5.74) is 1.59. The third kappa shape index (κ3) is 3.97. The topological polar surface area (TPSA) is 61.4 Å². The van der Waals surface area contributed by atoms with Crippen molar-refractivity contribution in [3.05, 3.63) is 28.2 Å². The van der Waals surface area contributed by atoms with E-state index in [2.05, 4.69) is 26.0 Å². The summed E-state index contributed by atoms with van der Waals surface area (Å²) in [4.78, 5) is 0. The van der Waals surface area contributed by atoms with Crippen molar-refractivity contribution in [2.75, 3.05) is 24.9 Å². The van der Waals surface area contributed by atoms with Crippen LogP contribution in [0.3, 0.4) is 0 Å². The molecule has 5 nitrogen and oxygen atoms in total. The van der Waals surface area contributed by atoms with Crippen molar-refractivity contribution in [2.45, 2.75) is 32.2 Å². The molecule has 0 aromatic heterocycles. The van der Waals surface area contributed by atoms with Gasteiger partial charge in [-0.25, -0.2) is 0 Å². The number of rotatable bonds is 5. The predicted octanol–water partition coefficient (Wildman–Crippen LogP) is 2.49. The van der Waals surface area contributed by atoms with Crippen LogP contribution in [0.1, 0.15) is 24.8 Å². The number of hydrogen-bond donors (Lipinski definition) is 2. The van der Waals surface area contributed by atoms with Gasteiger partial charge >= 0.3 is 10.2 Å². The Morgan fingerprint density at radius 2 is 2.14 bits per heavy atom. The molecular weight excluding hydrogens is 354 g/mol. The lowest BCUT2D eigenvalue weighted by Crippen LogP contribution is -2.49.